The summed E-state index contributed by atoms with van der Waals surface area (Å²) in [6.45, 7) is 2.96. The lowest BCUT2D eigenvalue weighted by Gasteiger charge is -2.28. The minimum atomic E-state index is -1.86. The van der Waals surface area contributed by atoms with Gasteiger partial charge in [0.05, 0.1) is 13.2 Å². The van der Waals surface area contributed by atoms with Gasteiger partial charge in [0.1, 0.15) is 0 Å². The summed E-state index contributed by atoms with van der Waals surface area (Å²) >= 11 is 0. The molecule has 1 N–H and O–H groups in total. The second-order valence-corrected chi connectivity index (χ2v) is 6.03. The molecule has 142 valence electrons. The highest BCUT2D eigenvalue weighted by Gasteiger charge is 2.59. The van der Waals surface area contributed by atoms with E-state index in [2.05, 4.69) is 10.0 Å². The summed E-state index contributed by atoms with van der Waals surface area (Å²) in [5, 5.41) is 3.37. The number of azide groups is 1. The number of H-pyrrole nitrogens is 1. The average molecular weight is 369 g/mol. The molecule has 0 unspecified atom stereocenters. The van der Waals surface area contributed by atoms with E-state index in [1.807, 2.05) is 11.9 Å². The van der Waals surface area contributed by atoms with Crippen molar-refractivity contribution < 1.29 is 18.7 Å². The molecule has 26 heavy (non-hydrogen) atoms. The van der Waals surface area contributed by atoms with E-state index in [1.165, 1.54) is 6.92 Å². The van der Waals surface area contributed by atoms with Crippen molar-refractivity contribution in [2.45, 2.75) is 44.7 Å². The molecule has 1 saturated heterocycles. The maximum atomic E-state index is 14.9. The van der Waals surface area contributed by atoms with Gasteiger partial charge in [-0.05, 0) is 12.0 Å². The van der Waals surface area contributed by atoms with Crippen molar-refractivity contribution >= 4 is 5.97 Å². The molecule has 0 spiro atoms. The number of nitrogens with zero attached hydrogens (tertiary/aromatic N) is 4. The minimum absolute atomic E-state index is 0.115. The SMILES string of the molecule is CCCCOC(=O)[C@@]1(CN=[N+]=[N-])O[C@@H](n2ccc(=O)[nH]c2=O)[C@H](F)[C@@H]1C. The van der Waals surface area contributed by atoms with Crippen LogP contribution in [0, 0.1) is 5.92 Å². The summed E-state index contributed by atoms with van der Waals surface area (Å²) in [6, 6.07) is 1.04. The Kier molecular flexibility index (Phi) is 6.17. The van der Waals surface area contributed by atoms with Crippen molar-refractivity contribution in [1.82, 2.24) is 9.55 Å². The summed E-state index contributed by atoms with van der Waals surface area (Å²) in [5.41, 5.74) is 5.22. The number of ether oxygens (including phenoxy) is 2. The molecule has 10 nitrogen and oxygen atoms in total. The van der Waals surface area contributed by atoms with Crippen LogP contribution in [-0.2, 0) is 14.3 Å². The highest BCUT2D eigenvalue weighted by atomic mass is 19.1. The van der Waals surface area contributed by atoms with Crippen LogP contribution in [0.5, 0.6) is 0 Å². The Balaban J connectivity index is 2.39. The topological polar surface area (TPSA) is 139 Å². The van der Waals surface area contributed by atoms with Gasteiger partial charge in [-0.15, -0.1) is 0 Å². The molecule has 11 heteroatoms. The van der Waals surface area contributed by atoms with Crippen LogP contribution in [-0.4, -0.2) is 40.4 Å². The van der Waals surface area contributed by atoms with Gasteiger partial charge >= 0.3 is 11.7 Å². The summed E-state index contributed by atoms with van der Waals surface area (Å²) < 4.78 is 26.5. The minimum Gasteiger partial charge on any atom is -0.464 e. The maximum Gasteiger partial charge on any atom is 0.339 e. The molecule has 1 aliphatic heterocycles. The van der Waals surface area contributed by atoms with E-state index in [1.54, 1.807) is 0 Å². The molecule has 1 aliphatic rings. The van der Waals surface area contributed by atoms with Crippen molar-refractivity contribution in [1.29, 1.82) is 0 Å². The third kappa shape index (κ3) is 3.63. The Morgan fingerprint density at radius 2 is 2.31 bits per heavy atom. The molecule has 0 aliphatic carbocycles. The summed E-state index contributed by atoms with van der Waals surface area (Å²) in [6.07, 6.45) is -0.765. The van der Waals surface area contributed by atoms with E-state index < -0.39 is 47.7 Å². The van der Waals surface area contributed by atoms with Crippen molar-refractivity contribution in [3.05, 3.63) is 43.5 Å². The van der Waals surface area contributed by atoms with Crippen LogP contribution >= 0.6 is 0 Å². The number of carbonyl (C=O) groups is 1. The quantitative estimate of drug-likeness (QED) is 0.255. The van der Waals surface area contributed by atoms with Gasteiger partial charge < -0.3 is 9.47 Å². The van der Waals surface area contributed by atoms with Gasteiger partial charge in [-0.3, -0.25) is 14.3 Å². The number of hydrogen-bond acceptors (Lipinski definition) is 6. The first-order chi connectivity index (χ1) is 12.4. The van der Waals surface area contributed by atoms with Gasteiger partial charge in [0.2, 0.25) is 0 Å². The van der Waals surface area contributed by atoms with Gasteiger partial charge in [0.25, 0.3) is 5.56 Å². The highest BCUT2D eigenvalue weighted by Crippen LogP contribution is 2.44. The normalized spacial score (nSPS) is 27.7. The molecule has 0 radical (unpaired) electrons. The fourth-order valence-corrected chi connectivity index (χ4v) is 2.78. The molecule has 1 fully saturated rings. The number of rotatable bonds is 7. The van der Waals surface area contributed by atoms with Crippen molar-refractivity contribution in [3.63, 3.8) is 0 Å². The number of nitrogens with one attached hydrogen (secondary N) is 1. The standard InChI is InChI=1S/C15H20FN5O5/c1-3-4-7-25-13(23)15(8-18-20-17)9(2)11(16)12(26-15)21-6-5-10(22)19-14(21)24/h5-6,9,11-12H,3-4,7-8H2,1-2H3,(H,19,22,24)/t9-,11+,12+,15-/m0/s1. The molecule has 2 rings (SSSR count). The zero-order valence-corrected chi connectivity index (χ0v) is 14.4. The van der Waals surface area contributed by atoms with Gasteiger partial charge in [0.15, 0.2) is 18.0 Å². The fourth-order valence-electron chi connectivity index (χ4n) is 2.78. The molecular formula is C15H20FN5O5. The van der Waals surface area contributed by atoms with E-state index in [0.29, 0.717) is 6.42 Å². The number of hydrogen-bond donors (Lipinski definition) is 1. The molecule has 0 saturated carbocycles. The van der Waals surface area contributed by atoms with E-state index in [0.717, 1.165) is 23.3 Å². The van der Waals surface area contributed by atoms with Crippen molar-refractivity contribution in [2.24, 2.45) is 11.0 Å². The summed E-state index contributed by atoms with van der Waals surface area (Å²) in [4.78, 5) is 40.3. The van der Waals surface area contributed by atoms with E-state index in [4.69, 9.17) is 15.0 Å². The zero-order chi connectivity index (χ0) is 19.3. The van der Waals surface area contributed by atoms with Gasteiger partial charge in [-0.25, -0.2) is 14.0 Å². The van der Waals surface area contributed by atoms with Crippen LogP contribution in [0.15, 0.2) is 27.0 Å². The second-order valence-electron chi connectivity index (χ2n) is 6.03. The molecule has 2 heterocycles. The number of aromatic nitrogens is 2. The molecular weight excluding hydrogens is 349 g/mol. The lowest BCUT2D eigenvalue weighted by Crippen LogP contribution is -2.48. The van der Waals surface area contributed by atoms with Crippen LogP contribution in [0.25, 0.3) is 10.4 Å². The molecule has 0 amide bonds. The van der Waals surface area contributed by atoms with Gasteiger partial charge in [-0.2, -0.15) is 0 Å². The average Bonchev–Trinajstić information content (AvgIpc) is 2.86. The first-order valence-corrected chi connectivity index (χ1v) is 8.18. The van der Waals surface area contributed by atoms with Crippen molar-refractivity contribution in [3.8, 4) is 0 Å². The Morgan fingerprint density at radius 3 is 2.92 bits per heavy atom. The van der Waals surface area contributed by atoms with Crippen LogP contribution < -0.4 is 11.2 Å². The second kappa shape index (κ2) is 8.15. The monoisotopic (exact) mass is 369 g/mol. The molecule has 0 bridgehead atoms. The van der Waals surface area contributed by atoms with Crippen LogP contribution in [0.1, 0.15) is 32.9 Å². The zero-order valence-electron chi connectivity index (χ0n) is 14.4. The number of aromatic amines is 1. The Hall–Kier alpha value is -2.65. The maximum absolute atomic E-state index is 14.9. The smallest absolute Gasteiger partial charge is 0.339 e. The number of esters is 1. The first kappa shape index (κ1) is 19.7. The Morgan fingerprint density at radius 1 is 1.58 bits per heavy atom. The third-order valence-electron chi connectivity index (χ3n) is 4.39. The third-order valence-corrected chi connectivity index (χ3v) is 4.39. The fraction of sp³-hybridized carbons (Fsp3) is 0.667. The van der Waals surface area contributed by atoms with Gasteiger partial charge in [0, 0.05) is 23.1 Å². The van der Waals surface area contributed by atoms with E-state index in [9.17, 15) is 18.8 Å². The molecule has 1 aromatic rings. The van der Waals surface area contributed by atoms with E-state index >= 15 is 0 Å². The predicted octanol–water partition coefficient (Wildman–Crippen LogP) is 1.43. The predicted molar refractivity (Wildman–Crippen MR) is 88.1 cm³/mol. The summed E-state index contributed by atoms with van der Waals surface area (Å²) in [5.74, 6) is -1.90. The number of carbonyl (C=O) groups excluding carboxylic acids is 1. The van der Waals surface area contributed by atoms with Crippen LogP contribution in [0.2, 0.25) is 0 Å². The molecule has 0 aromatic carbocycles. The van der Waals surface area contributed by atoms with Gasteiger partial charge in [-0.1, -0.05) is 25.4 Å². The lowest BCUT2D eigenvalue weighted by molar-refractivity contribution is -0.177. The van der Waals surface area contributed by atoms with Crippen LogP contribution in [0.3, 0.4) is 0 Å². The summed E-state index contributed by atoms with van der Waals surface area (Å²) in [7, 11) is 0. The number of halogens is 1. The lowest BCUT2D eigenvalue weighted by atomic mass is 9.87. The van der Waals surface area contributed by atoms with E-state index in [-0.39, 0.29) is 6.61 Å². The highest BCUT2D eigenvalue weighted by molar-refractivity contribution is 5.81. The number of unbranched alkanes of at least 4 members (excludes halogenated alkanes) is 1. The largest absolute Gasteiger partial charge is 0.464 e. The Bertz CT molecular complexity index is 817. The Labute approximate surface area is 147 Å². The van der Waals surface area contributed by atoms with Crippen LogP contribution in [0.4, 0.5) is 4.39 Å². The molecule has 4 atom stereocenters. The first-order valence-electron chi connectivity index (χ1n) is 8.18. The van der Waals surface area contributed by atoms with Crippen molar-refractivity contribution in [2.75, 3.05) is 13.2 Å². The number of alkyl halides is 1. The molecule has 1 aromatic heterocycles.